The molecule has 0 heterocycles. The first kappa shape index (κ1) is 18.7. The van der Waals surface area contributed by atoms with E-state index in [1.165, 1.54) is 32.1 Å². The van der Waals surface area contributed by atoms with Crippen molar-refractivity contribution in [3.63, 3.8) is 0 Å². The van der Waals surface area contributed by atoms with Crippen molar-refractivity contribution < 1.29 is 33.0 Å². The third-order valence-corrected chi connectivity index (χ3v) is 3.16. The van der Waals surface area contributed by atoms with Gasteiger partial charge in [-0.05, 0) is 12.3 Å². The molecule has 4 N–H and O–H groups in total. The van der Waals surface area contributed by atoms with Crippen LogP contribution in [-0.4, -0.2) is 34.4 Å². The Morgan fingerprint density at radius 2 is 1.65 bits per heavy atom. The highest BCUT2D eigenvalue weighted by Crippen LogP contribution is 2.28. The summed E-state index contributed by atoms with van der Waals surface area (Å²) in [5.74, 6) is -2.78. The van der Waals surface area contributed by atoms with Crippen molar-refractivity contribution in [2.75, 3.05) is 0 Å². The highest BCUT2D eigenvalue weighted by molar-refractivity contribution is 5.73. The molecule has 0 aromatic rings. The van der Waals surface area contributed by atoms with Crippen molar-refractivity contribution in [1.29, 1.82) is 0 Å². The zero-order valence-corrected chi connectivity index (χ0v) is 11.0. The summed E-state index contributed by atoms with van der Waals surface area (Å²) in [5, 5.41) is 15.7. The number of halogens is 3. The minimum Gasteiger partial charge on any atom is -0.480 e. The van der Waals surface area contributed by atoms with Gasteiger partial charge in [-0.2, -0.15) is 13.2 Å². The van der Waals surface area contributed by atoms with Crippen molar-refractivity contribution in [2.45, 2.75) is 57.2 Å². The van der Waals surface area contributed by atoms with Crippen molar-refractivity contribution in [3.8, 4) is 0 Å². The topological polar surface area (TPSA) is 101 Å². The summed E-state index contributed by atoms with van der Waals surface area (Å²) < 4.78 is 31.7. The van der Waals surface area contributed by atoms with Gasteiger partial charge >= 0.3 is 18.1 Å². The molecular formula is C12H20F3NO4. The summed E-state index contributed by atoms with van der Waals surface area (Å²) in [5.41, 5.74) is 5.40. The molecule has 8 heteroatoms. The Kier molecular flexibility index (Phi) is 8.21. The van der Waals surface area contributed by atoms with Crippen LogP contribution in [0, 0.1) is 5.92 Å². The molecule has 0 saturated heterocycles. The Morgan fingerprint density at radius 3 is 2.00 bits per heavy atom. The van der Waals surface area contributed by atoms with Gasteiger partial charge in [-0.15, -0.1) is 0 Å². The van der Waals surface area contributed by atoms with Gasteiger partial charge in [0.25, 0.3) is 0 Å². The smallest absolute Gasteiger partial charge is 0.480 e. The van der Waals surface area contributed by atoms with Crippen LogP contribution in [-0.2, 0) is 9.59 Å². The molecule has 20 heavy (non-hydrogen) atoms. The molecule has 0 spiro atoms. The third kappa shape index (κ3) is 8.73. The number of rotatable bonds is 5. The second-order valence-corrected chi connectivity index (χ2v) is 4.83. The molecule has 0 aromatic carbocycles. The largest absolute Gasteiger partial charge is 0.490 e. The maximum absolute atomic E-state index is 10.6. The van der Waals surface area contributed by atoms with E-state index in [9.17, 15) is 18.0 Å². The highest BCUT2D eigenvalue weighted by Gasteiger charge is 2.38. The summed E-state index contributed by atoms with van der Waals surface area (Å²) >= 11 is 0. The van der Waals surface area contributed by atoms with Gasteiger partial charge in [0.1, 0.15) is 6.04 Å². The predicted molar refractivity (Wildman–Crippen MR) is 65.1 cm³/mol. The number of hydrogen-bond acceptors (Lipinski definition) is 3. The number of carboxylic acids is 2. The van der Waals surface area contributed by atoms with Crippen LogP contribution in [0.25, 0.3) is 0 Å². The first-order valence-electron chi connectivity index (χ1n) is 6.43. The van der Waals surface area contributed by atoms with Crippen molar-refractivity contribution in [2.24, 2.45) is 11.7 Å². The molecule has 1 aliphatic rings. The summed E-state index contributed by atoms with van der Waals surface area (Å²) in [6, 6.07) is -0.651. The molecule has 1 aliphatic carbocycles. The predicted octanol–water partition coefficient (Wildman–Crippen LogP) is 2.39. The van der Waals surface area contributed by atoms with Crippen LogP contribution in [0.1, 0.15) is 44.9 Å². The number of carboxylic acid groups (broad SMARTS) is 2. The first-order valence-corrected chi connectivity index (χ1v) is 6.43. The summed E-state index contributed by atoms with van der Waals surface area (Å²) in [6.45, 7) is 0. The Balaban J connectivity index is 0.000000441. The van der Waals surface area contributed by atoms with Gasteiger partial charge in [-0.25, -0.2) is 4.79 Å². The van der Waals surface area contributed by atoms with Crippen LogP contribution in [0.2, 0.25) is 0 Å². The average molecular weight is 299 g/mol. The number of nitrogens with two attached hydrogens (primary N) is 1. The SMILES string of the molecule is NC(CCCC1CCCC1)C(=O)O.O=C(O)C(F)(F)F. The molecule has 1 unspecified atom stereocenters. The fourth-order valence-electron chi connectivity index (χ4n) is 2.05. The van der Waals surface area contributed by atoms with E-state index in [-0.39, 0.29) is 0 Å². The lowest BCUT2D eigenvalue weighted by molar-refractivity contribution is -0.192. The molecule has 5 nitrogen and oxygen atoms in total. The van der Waals surface area contributed by atoms with E-state index in [0.29, 0.717) is 6.42 Å². The van der Waals surface area contributed by atoms with E-state index in [4.69, 9.17) is 20.7 Å². The highest BCUT2D eigenvalue weighted by atomic mass is 19.4. The Morgan fingerprint density at radius 1 is 1.20 bits per heavy atom. The number of alkyl halides is 3. The molecule has 0 bridgehead atoms. The fraction of sp³-hybridized carbons (Fsp3) is 0.833. The van der Waals surface area contributed by atoms with Gasteiger partial charge in [0, 0.05) is 0 Å². The number of aliphatic carboxylic acids is 2. The maximum atomic E-state index is 10.6. The van der Waals surface area contributed by atoms with Gasteiger partial charge in [-0.1, -0.05) is 38.5 Å². The number of hydrogen-bond donors (Lipinski definition) is 3. The lowest BCUT2D eigenvalue weighted by atomic mass is 9.99. The Bertz CT molecular complexity index is 314. The zero-order chi connectivity index (χ0) is 15.8. The van der Waals surface area contributed by atoms with Gasteiger partial charge < -0.3 is 15.9 Å². The third-order valence-electron chi connectivity index (χ3n) is 3.16. The maximum Gasteiger partial charge on any atom is 0.490 e. The van der Waals surface area contributed by atoms with E-state index >= 15 is 0 Å². The van der Waals surface area contributed by atoms with E-state index < -0.39 is 24.2 Å². The van der Waals surface area contributed by atoms with Gasteiger partial charge in [0.15, 0.2) is 0 Å². The van der Waals surface area contributed by atoms with Crippen molar-refractivity contribution in [1.82, 2.24) is 0 Å². The standard InChI is InChI=1S/C10H19NO2.C2HF3O2/c11-9(10(12)13)7-3-6-8-4-1-2-5-8;3-2(4,5)1(6)7/h8-9H,1-7,11H2,(H,12,13);(H,6,7). The molecule has 118 valence electrons. The number of carbonyl (C=O) groups is 2. The summed E-state index contributed by atoms with van der Waals surface area (Å²) in [6.07, 6.45) is 3.07. The van der Waals surface area contributed by atoms with Gasteiger partial charge in [0.05, 0.1) is 0 Å². The normalized spacial score (nSPS) is 17.2. The van der Waals surface area contributed by atoms with Crippen LogP contribution in [0.3, 0.4) is 0 Å². The van der Waals surface area contributed by atoms with Crippen LogP contribution in [0.15, 0.2) is 0 Å². The average Bonchev–Trinajstić information content (AvgIpc) is 2.81. The molecule has 0 amide bonds. The molecular weight excluding hydrogens is 279 g/mol. The summed E-state index contributed by atoms with van der Waals surface area (Å²) in [4.78, 5) is 19.3. The van der Waals surface area contributed by atoms with Crippen LogP contribution in [0.4, 0.5) is 13.2 Å². The molecule has 0 radical (unpaired) electrons. The molecule has 0 aliphatic heterocycles. The molecule has 1 saturated carbocycles. The van der Waals surface area contributed by atoms with Crippen molar-refractivity contribution >= 4 is 11.9 Å². The monoisotopic (exact) mass is 299 g/mol. The zero-order valence-electron chi connectivity index (χ0n) is 11.0. The minimum absolute atomic E-state index is 0.631. The molecule has 1 rings (SSSR count). The Hall–Kier alpha value is -1.31. The molecule has 1 fully saturated rings. The van der Waals surface area contributed by atoms with E-state index in [1.807, 2.05) is 0 Å². The lowest BCUT2D eigenvalue weighted by Crippen LogP contribution is -2.29. The minimum atomic E-state index is -5.08. The van der Waals surface area contributed by atoms with Crippen LogP contribution in [0.5, 0.6) is 0 Å². The fourth-order valence-corrected chi connectivity index (χ4v) is 2.05. The summed E-state index contributed by atoms with van der Waals surface area (Å²) in [7, 11) is 0. The Labute approximate surface area is 115 Å². The second-order valence-electron chi connectivity index (χ2n) is 4.83. The van der Waals surface area contributed by atoms with Crippen LogP contribution >= 0.6 is 0 Å². The lowest BCUT2D eigenvalue weighted by Gasteiger charge is -2.09. The van der Waals surface area contributed by atoms with Gasteiger partial charge in [-0.3, -0.25) is 4.79 Å². The molecule has 1 atom stereocenters. The van der Waals surface area contributed by atoms with E-state index in [0.717, 1.165) is 12.3 Å². The van der Waals surface area contributed by atoms with Crippen molar-refractivity contribution in [3.05, 3.63) is 0 Å². The second kappa shape index (κ2) is 8.78. The van der Waals surface area contributed by atoms with Crippen LogP contribution < -0.4 is 5.73 Å². The molecule has 0 aromatic heterocycles. The van der Waals surface area contributed by atoms with E-state index in [1.54, 1.807) is 0 Å². The van der Waals surface area contributed by atoms with Gasteiger partial charge in [0.2, 0.25) is 0 Å². The quantitative estimate of drug-likeness (QED) is 0.723. The first-order chi connectivity index (χ1) is 9.14. The van der Waals surface area contributed by atoms with E-state index in [2.05, 4.69) is 0 Å².